The highest BCUT2D eigenvalue weighted by Crippen LogP contribution is 2.14. The summed E-state index contributed by atoms with van der Waals surface area (Å²) >= 11 is 0. The van der Waals surface area contributed by atoms with Gasteiger partial charge in [-0.25, -0.2) is 0 Å². The maximum atomic E-state index is 5.61. The van der Waals surface area contributed by atoms with Crippen molar-refractivity contribution in [2.45, 2.75) is 39.7 Å². The van der Waals surface area contributed by atoms with Gasteiger partial charge in [-0.2, -0.15) is 0 Å². The van der Waals surface area contributed by atoms with Gasteiger partial charge in [0.25, 0.3) is 0 Å². The molecule has 1 aromatic rings. The molecule has 18 heavy (non-hydrogen) atoms. The summed E-state index contributed by atoms with van der Waals surface area (Å²) in [6, 6.07) is 8.23. The van der Waals surface area contributed by atoms with Crippen molar-refractivity contribution < 1.29 is 4.74 Å². The van der Waals surface area contributed by atoms with Crippen molar-refractivity contribution in [1.82, 2.24) is 5.32 Å². The van der Waals surface area contributed by atoms with Crippen LogP contribution in [0.1, 0.15) is 39.2 Å². The molecule has 100 valence electrons. The minimum Gasteiger partial charge on any atom is -0.491 e. The number of hydrogen-bond donors (Lipinski definition) is 1. The topological polar surface area (TPSA) is 21.3 Å². The zero-order chi connectivity index (χ0) is 13.2. The van der Waals surface area contributed by atoms with Gasteiger partial charge in [-0.15, -0.1) is 0 Å². The molecule has 1 rings (SSSR count). The molecule has 0 aliphatic carbocycles. The lowest BCUT2D eigenvalue weighted by Gasteiger charge is -2.09. The van der Waals surface area contributed by atoms with Crippen LogP contribution in [0.5, 0.6) is 5.75 Å². The molecule has 0 atom stereocenters. The SMILES string of the molecule is CCCNCCC=Cc1ccc(OC(C)C)cc1. The fraction of sp³-hybridized carbons (Fsp3) is 0.500. The fourth-order valence-electron chi connectivity index (χ4n) is 1.64. The molecule has 0 aromatic heterocycles. The largest absolute Gasteiger partial charge is 0.491 e. The molecule has 0 bridgehead atoms. The Kier molecular flexibility index (Phi) is 7.19. The lowest BCUT2D eigenvalue weighted by molar-refractivity contribution is 0.242. The predicted molar refractivity (Wildman–Crippen MR) is 79.0 cm³/mol. The number of nitrogens with one attached hydrogen (secondary N) is 1. The third kappa shape index (κ3) is 6.45. The Balaban J connectivity index is 2.32. The Morgan fingerprint density at radius 2 is 1.89 bits per heavy atom. The molecule has 2 heteroatoms. The van der Waals surface area contributed by atoms with Crippen molar-refractivity contribution in [3.05, 3.63) is 35.9 Å². The molecule has 0 unspecified atom stereocenters. The Morgan fingerprint density at radius 3 is 2.50 bits per heavy atom. The average molecular weight is 247 g/mol. The maximum Gasteiger partial charge on any atom is 0.119 e. The van der Waals surface area contributed by atoms with E-state index in [2.05, 4.69) is 36.5 Å². The van der Waals surface area contributed by atoms with Crippen LogP contribution in [0.3, 0.4) is 0 Å². The van der Waals surface area contributed by atoms with Gasteiger partial charge in [-0.3, -0.25) is 0 Å². The molecule has 0 saturated carbocycles. The van der Waals surface area contributed by atoms with Gasteiger partial charge in [0.05, 0.1) is 6.10 Å². The van der Waals surface area contributed by atoms with Gasteiger partial charge in [-0.05, 0) is 57.5 Å². The molecule has 0 aliphatic heterocycles. The lowest BCUT2D eigenvalue weighted by Crippen LogP contribution is -2.14. The van der Waals surface area contributed by atoms with E-state index in [-0.39, 0.29) is 6.10 Å². The molecule has 0 radical (unpaired) electrons. The number of benzene rings is 1. The second-order valence-corrected chi connectivity index (χ2v) is 4.68. The van der Waals surface area contributed by atoms with E-state index >= 15 is 0 Å². The molecular formula is C16H25NO. The Morgan fingerprint density at radius 1 is 1.17 bits per heavy atom. The van der Waals surface area contributed by atoms with E-state index in [9.17, 15) is 0 Å². The first-order valence-corrected chi connectivity index (χ1v) is 6.86. The van der Waals surface area contributed by atoms with Gasteiger partial charge >= 0.3 is 0 Å². The summed E-state index contributed by atoms with van der Waals surface area (Å²) < 4.78 is 5.61. The molecule has 0 amide bonds. The van der Waals surface area contributed by atoms with E-state index in [1.807, 2.05) is 26.0 Å². The second-order valence-electron chi connectivity index (χ2n) is 4.68. The highest BCUT2D eigenvalue weighted by atomic mass is 16.5. The van der Waals surface area contributed by atoms with Crippen LogP contribution in [0, 0.1) is 0 Å². The van der Waals surface area contributed by atoms with Crippen molar-refractivity contribution in [2.75, 3.05) is 13.1 Å². The highest BCUT2D eigenvalue weighted by molar-refractivity contribution is 5.50. The molecular weight excluding hydrogens is 222 g/mol. The summed E-state index contributed by atoms with van der Waals surface area (Å²) in [5.41, 5.74) is 1.22. The van der Waals surface area contributed by atoms with E-state index < -0.39 is 0 Å². The van der Waals surface area contributed by atoms with Crippen LogP contribution in [-0.2, 0) is 0 Å². The van der Waals surface area contributed by atoms with Crippen LogP contribution < -0.4 is 10.1 Å². The van der Waals surface area contributed by atoms with Crippen LogP contribution >= 0.6 is 0 Å². The number of rotatable bonds is 8. The van der Waals surface area contributed by atoms with Crippen LogP contribution in [0.2, 0.25) is 0 Å². The fourth-order valence-corrected chi connectivity index (χ4v) is 1.64. The van der Waals surface area contributed by atoms with E-state index in [1.54, 1.807) is 0 Å². The highest BCUT2D eigenvalue weighted by Gasteiger charge is 1.96. The molecule has 0 spiro atoms. The quantitative estimate of drug-likeness (QED) is 0.704. The van der Waals surface area contributed by atoms with Crippen molar-refractivity contribution >= 4 is 6.08 Å². The molecule has 0 aliphatic rings. The van der Waals surface area contributed by atoms with Gasteiger partial charge in [0, 0.05) is 0 Å². The van der Waals surface area contributed by atoms with Crippen molar-refractivity contribution in [3.8, 4) is 5.75 Å². The zero-order valence-electron chi connectivity index (χ0n) is 11.8. The lowest BCUT2D eigenvalue weighted by atomic mass is 10.2. The third-order valence-corrected chi connectivity index (χ3v) is 2.48. The number of hydrogen-bond acceptors (Lipinski definition) is 2. The zero-order valence-corrected chi connectivity index (χ0v) is 11.8. The van der Waals surface area contributed by atoms with Crippen LogP contribution in [-0.4, -0.2) is 19.2 Å². The van der Waals surface area contributed by atoms with E-state index in [1.165, 1.54) is 12.0 Å². The molecule has 0 saturated heterocycles. The minimum absolute atomic E-state index is 0.232. The molecule has 2 nitrogen and oxygen atoms in total. The number of ether oxygens (including phenoxy) is 1. The molecule has 1 N–H and O–H groups in total. The first-order valence-electron chi connectivity index (χ1n) is 6.86. The summed E-state index contributed by atoms with van der Waals surface area (Å²) in [4.78, 5) is 0. The van der Waals surface area contributed by atoms with Gasteiger partial charge < -0.3 is 10.1 Å². The summed E-state index contributed by atoms with van der Waals surface area (Å²) in [6.45, 7) is 8.42. The predicted octanol–water partition coefficient (Wildman–Crippen LogP) is 3.88. The monoisotopic (exact) mass is 247 g/mol. The Bertz CT molecular complexity index is 341. The maximum absolute atomic E-state index is 5.61. The van der Waals surface area contributed by atoms with E-state index in [4.69, 9.17) is 4.74 Å². The normalized spacial score (nSPS) is 11.3. The standard InChI is InChI=1S/C16H25NO/c1-4-12-17-13-6-5-7-15-8-10-16(11-9-15)18-14(2)3/h5,7-11,14,17H,4,6,12-13H2,1-3H3. The van der Waals surface area contributed by atoms with Gasteiger partial charge in [-0.1, -0.05) is 31.2 Å². The Labute approximate surface area is 111 Å². The van der Waals surface area contributed by atoms with Gasteiger partial charge in [0.15, 0.2) is 0 Å². The van der Waals surface area contributed by atoms with E-state index in [0.29, 0.717) is 0 Å². The molecule has 1 aromatic carbocycles. The summed E-state index contributed by atoms with van der Waals surface area (Å²) in [5, 5.41) is 3.38. The van der Waals surface area contributed by atoms with Crippen LogP contribution in [0.15, 0.2) is 30.3 Å². The van der Waals surface area contributed by atoms with E-state index in [0.717, 1.165) is 25.3 Å². The first-order chi connectivity index (χ1) is 8.72. The summed E-state index contributed by atoms with van der Waals surface area (Å²) in [7, 11) is 0. The first kappa shape index (κ1) is 14.8. The van der Waals surface area contributed by atoms with Gasteiger partial charge in [0.2, 0.25) is 0 Å². The van der Waals surface area contributed by atoms with Crippen LogP contribution in [0.4, 0.5) is 0 Å². The second kappa shape index (κ2) is 8.76. The third-order valence-electron chi connectivity index (χ3n) is 2.48. The van der Waals surface area contributed by atoms with Crippen molar-refractivity contribution in [3.63, 3.8) is 0 Å². The van der Waals surface area contributed by atoms with Gasteiger partial charge in [0.1, 0.15) is 5.75 Å². The summed E-state index contributed by atoms with van der Waals surface area (Å²) in [6.07, 6.45) is 6.87. The average Bonchev–Trinajstić information content (AvgIpc) is 2.35. The Hall–Kier alpha value is -1.28. The van der Waals surface area contributed by atoms with Crippen LogP contribution in [0.25, 0.3) is 6.08 Å². The minimum atomic E-state index is 0.232. The van der Waals surface area contributed by atoms with Crippen molar-refractivity contribution in [2.24, 2.45) is 0 Å². The molecule has 0 fully saturated rings. The molecule has 0 heterocycles. The van der Waals surface area contributed by atoms with Crippen molar-refractivity contribution in [1.29, 1.82) is 0 Å². The smallest absolute Gasteiger partial charge is 0.119 e. The summed E-state index contributed by atoms with van der Waals surface area (Å²) in [5.74, 6) is 0.937.